The van der Waals surface area contributed by atoms with Gasteiger partial charge in [0.25, 0.3) is 16.1 Å². The molecule has 1 aromatic heterocycles. The van der Waals surface area contributed by atoms with E-state index < -0.39 is 10.2 Å². The van der Waals surface area contributed by atoms with Crippen LogP contribution in [-0.4, -0.2) is 43.8 Å². The molecule has 1 unspecified atom stereocenters. The zero-order valence-electron chi connectivity index (χ0n) is 11.1. The molecular formula is C11H16Cl2N4O3S. The van der Waals surface area contributed by atoms with Gasteiger partial charge >= 0.3 is 0 Å². The summed E-state index contributed by atoms with van der Waals surface area (Å²) in [5, 5.41) is 5.43. The molecule has 1 aromatic rings. The van der Waals surface area contributed by atoms with Gasteiger partial charge < -0.3 is 9.88 Å². The van der Waals surface area contributed by atoms with E-state index in [1.54, 1.807) is 4.90 Å². The number of hydrogen-bond acceptors (Lipinski definition) is 3. The molecule has 21 heavy (non-hydrogen) atoms. The predicted molar refractivity (Wildman–Crippen MR) is 80.6 cm³/mol. The fourth-order valence-electron chi connectivity index (χ4n) is 2.34. The molecule has 0 saturated carbocycles. The van der Waals surface area contributed by atoms with Crippen LogP contribution in [0, 0.1) is 5.92 Å². The summed E-state index contributed by atoms with van der Waals surface area (Å²) in [7, 11) is -3.71. The Kier molecular flexibility index (Phi) is 5.15. The van der Waals surface area contributed by atoms with Gasteiger partial charge in [-0.2, -0.15) is 8.42 Å². The van der Waals surface area contributed by atoms with Crippen LogP contribution in [0.5, 0.6) is 0 Å². The zero-order chi connectivity index (χ0) is 15.6. The predicted octanol–water partition coefficient (Wildman–Crippen LogP) is 0.967. The average molecular weight is 355 g/mol. The molecule has 7 nitrogen and oxygen atoms in total. The van der Waals surface area contributed by atoms with Crippen molar-refractivity contribution >= 4 is 39.3 Å². The van der Waals surface area contributed by atoms with Gasteiger partial charge in [0, 0.05) is 19.6 Å². The van der Waals surface area contributed by atoms with Crippen molar-refractivity contribution in [3.63, 3.8) is 0 Å². The first-order valence-electron chi connectivity index (χ1n) is 6.37. The molecule has 1 amide bonds. The maximum absolute atomic E-state index is 12.3. The number of halogens is 2. The Morgan fingerprint density at radius 3 is 2.81 bits per heavy atom. The molecule has 0 spiro atoms. The largest absolute Gasteiger partial charge is 0.340 e. The number of amides is 1. The number of aromatic amines is 1. The summed E-state index contributed by atoms with van der Waals surface area (Å²) < 4.78 is 24.1. The molecule has 10 heteroatoms. The number of carbonyl (C=O) groups is 1. The molecule has 1 atom stereocenters. The van der Waals surface area contributed by atoms with Crippen molar-refractivity contribution in [3.8, 4) is 0 Å². The lowest BCUT2D eigenvalue weighted by atomic mass is 9.98. The third-order valence-corrected chi connectivity index (χ3v) is 4.60. The highest BCUT2D eigenvalue weighted by Gasteiger charge is 2.26. The van der Waals surface area contributed by atoms with Crippen LogP contribution < -0.4 is 9.86 Å². The second kappa shape index (κ2) is 6.53. The molecule has 2 rings (SSSR count). The number of piperidine rings is 1. The average Bonchev–Trinajstić information content (AvgIpc) is 2.75. The number of H-pyrrole nitrogens is 1. The van der Waals surface area contributed by atoms with Crippen LogP contribution in [0.2, 0.25) is 10.2 Å². The monoisotopic (exact) mass is 354 g/mol. The summed E-state index contributed by atoms with van der Waals surface area (Å²) in [6, 6.07) is 1.48. The van der Waals surface area contributed by atoms with Crippen LogP contribution in [-0.2, 0) is 10.2 Å². The van der Waals surface area contributed by atoms with Crippen molar-refractivity contribution in [2.45, 2.75) is 12.8 Å². The first-order chi connectivity index (χ1) is 9.76. The Morgan fingerprint density at radius 1 is 1.52 bits per heavy atom. The minimum absolute atomic E-state index is 0.0296. The molecule has 0 aromatic carbocycles. The first kappa shape index (κ1) is 16.6. The summed E-state index contributed by atoms with van der Waals surface area (Å²) in [4.78, 5) is 16.7. The SMILES string of the molecule is NS(=O)(=O)NCC1CCCN(C(=O)c2cc(Cl)c(Cl)[nH]2)C1. The lowest BCUT2D eigenvalue weighted by Gasteiger charge is -2.32. The number of rotatable bonds is 4. The van der Waals surface area contributed by atoms with E-state index in [1.165, 1.54) is 6.07 Å². The second-order valence-electron chi connectivity index (χ2n) is 5.00. The highest BCUT2D eigenvalue weighted by molar-refractivity contribution is 7.87. The lowest BCUT2D eigenvalue weighted by molar-refractivity contribution is 0.0671. The second-order valence-corrected chi connectivity index (χ2v) is 7.16. The van der Waals surface area contributed by atoms with Crippen LogP contribution >= 0.6 is 23.2 Å². The Morgan fingerprint density at radius 2 is 2.24 bits per heavy atom. The van der Waals surface area contributed by atoms with Crippen molar-refractivity contribution in [2.75, 3.05) is 19.6 Å². The van der Waals surface area contributed by atoms with Crippen molar-refractivity contribution in [1.82, 2.24) is 14.6 Å². The Bertz CT molecular complexity index is 612. The summed E-state index contributed by atoms with van der Waals surface area (Å²) in [5.41, 5.74) is 0.324. The van der Waals surface area contributed by atoms with Gasteiger partial charge in [-0.1, -0.05) is 23.2 Å². The van der Waals surface area contributed by atoms with E-state index in [1.807, 2.05) is 0 Å². The number of likely N-dealkylation sites (tertiary alicyclic amines) is 1. The number of nitrogens with zero attached hydrogens (tertiary/aromatic N) is 1. The van der Waals surface area contributed by atoms with Crippen molar-refractivity contribution < 1.29 is 13.2 Å². The molecule has 0 aliphatic carbocycles. The van der Waals surface area contributed by atoms with E-state index in [-0.39, 0.29) is 23.5 Å². The molecule has 1 saturated heterocycles. The van der Waals surface area contributed by atoms with Crippen LogP contribution in [0.3, 0.4) is 0 Å². The Hall–Kier alpha value is -0.800. The Labute approximate surface area is 133 Å². The summed E-state index contributed by atoms with van der Waals surface area (Å²) in [6.45, 7) is 1.28. The molecule has 4 N–H and O–H groups in total. The minimum Gasteiger partial charge on any atom is -0.340 e. The topological polar surface area (TPSA) is 108 Å². The fraction of sp³-hybridized carbons (Fsp3) is 0.545. The van der Waals surface area contributed by atoms with Gasteiger partial charge in [0.2, 0.25) is 0 Å². The van der Waals surface area contributed by atoms with Crippen molar-refractivity contribution in [2.24, 2.45) is 11.1 Å². The van der Waals surface area contributed by atoms with Crippen LogP contribution in [0.1, 0.15) is 23.3 Å². The van der Waals surface area contributed by atoms with Crippen LogP contribution in [0.4, 0.5) is 0 Å². The molecule has 118 valence electrons. The van der Waals surface area contributed by atoms with Gasteiger partial charge in [-0.15, -0.1) is 0 Å². The van der Waals surface area contributed by atoms with E-state index in [0.717, 1.165) is 12.8 Å². The highest BCUT2D eigenvalue weighted by Crippen LogP contribution is 2.24. The number of hydrogen-bond donors (Lipinski definition) is 3. The van der Waals surface area contributed by atoms with Gasteiger partial charge in [0.05, 0.1) is 5.02 Å². The summed E-state index contributed by atoms with van der Waals surface area (Å²) >= 11 is 11.6. The summed E-state index contributed by atoms with van der Waals surface area (Å²) in [6.07, 6.45) is 1.63. The highest BCUT2D eigenvalue weighted by atomic mass is 35.5. The van der Waals surface area contributed by atoms with Crippen LogP contribution in [0.25, 0.3) is 0 Å². The molecular weight excluding hydrogens is 339 g/mol. The number of nitrogens with two attached hydrogens (primary N) is 1. The van der Waals surface area contributed by atoms with Crippen LogP contribution in [0.15, 0.2) is 6.07 Å². The van der Waals surface area contributed by atoms with E-state index in [2.05, 4.69) is 9.71 Å². The van der Waals surface area contributed by atoms with Gasteiger partial charge in [-0.3, -0.25) is 4.79 Å². The quantitative estimate of drug-likeness (QED) is 0.749. The van der Waals surface area contributed by atoms with E-state index >= 15 is 0 Å². The third-order valence-electron chi connectivity index (χ3n) is 3.33. The molecule has 1 aliphatic rings. The molecule has 0 bridgehead atoms. The van der Waals surface area contributed by atoms with E-state index in [0.29, 0.717) is 23.8 Å². The van der Waals surface area contributed by atoms with E-state index in [4.69, 9.17) is 28.3 Å². The maximum Gasteiger partial charge on any atom is 0.274 e. The zero-order valence-corrected chi connectivity index (χ0v) is 13.4. The number of carbonyl (C=O) groups excluding carboxylic acids is 1. The normalized spacial score (nSPS) is 19.8. The van der Waals surface area contributed by atoms with Crippen molar-refractivity contribution in [3.05, 3.63) is 21.9 Å². The molecule has 1 fully saturated rings. The maximum atomic E-state index is 12.3. The minimum atomic E-state index is -3.71. The van der Waals surface area contributed by atoms with E-state index in [9.17, 15) is 13.2 Å². The smallest absolute Gasteiger partial charge is 0.274 e. The lowest BCUT2D eigenvalue weighted by Crippen LogP contribution is -2.44. The fourth-order valence-corrected chi connectivity index (χ4v) is 3.12. The van der Waals surface area contributed by atoms with Gasteiger partial charge in [0.1, 0.15) is 10.8 Å². The molecule has 1 aliphatic heterocycles. The Balaban J connectivity index is 1.98. The number of nitrogens with one attached hydrogen (secondary N) is 2. The molecule has 2 heterocycles. The van der Waals surface area contributed by atoms with Gasteiger partial charge in [0.15, 0.2) is 0 Å². The molecule has 0 radical (unpaired) electrons. The third kappa shape index (κ3) is 4.58. The summed E-state index contributed by atoms with van der Waals surface area (Å²) in [5.74, 6) is -0.175. The van der Waals surface area contributed by atoms with Gasteiger partial charge in [-0.25, -0.2) is 9.86 Å². The standard InChI is InChI=1S/C11H16Cl2N4O3S/c12-8-4-9(16-10(8)13)11(18)17-3-1-2-7(6-17)5-15-21(14,19)20/h4,7,15-16H,1-3,5-6H2,(H2,14,19,20). The number of aromatic nitrogens is 1. The first-order valence-corrected chi connectivity index (χ1v) is 8.67. The van der Waals surface area contributed by atoms with Crippen molar-refractivity contribution in [1.29, 1.82) is 0 Å². The van der Waals surface area contributed by atoms with Gasteiger partial charge in [-0.05, 0) is 24.8 Å².